The Morgan fingerprint density at radius 1 is 1.53 bits per heavy atom. The Bertz CT molecular complexity index is 364. The topological polar surface area (TPSA) is 29.9 Å². The fourth-order valence-corrected chi connectivity index (χ4v) is 1.64. The van der Waals surface area contributed by atoms with E-state index in [1.807, 2.05) is 10.9 Å². The molecular weight excluding hydrogens is 210 g/mol. The normalized spacial score (nSPS) is 11.1. The molecule has 0 bridgehead atoms. The van der Waals surface area contributed by atoms with Gasteiger partial charge in [-0.3, -0.25) is 4.68 Å². The molecule has 1 N–H and O–H groups in total. The maximum Gasteiger partial charge on any atom is 0.0619 e. The molecule has 1 heterocycles. The second kappa shape index (κ2) is 6.60. The summed E-state index contributed by atoms with van der Waals surface area (Å²) in [7, 11) is 0. The van der Waals surface area contributed by atoms with E-state index in [4.69, 9.17) is 0 Å². The van der Waals surface area contributed by atoms with Gasteiger partial charge in [-0.1, -0.05) is 32.9 Å². The van der Waals surface area contributed by atoms with Gasteiger partial charge in [0.05, 0.1) is 12.7 Å². The van der Waals surface area contributed by atoms with E-state index in [2.05, 4.69) is 44.7 Å². The zero-order valence-electron chi connectivity index (χ0n) is 11.6. The molecule has 0 aliphatic carbocycles. The van der Waals surface area contributed by atoms with Gasteiger partial charge < -0.3 is 5.32 Å². The van der Waals surface area contributed by atoms with Gasteiger partial charge in [-0.2, -0.15) is 5.10 Å². The fraction of sp³-hybridized carbons (Fsp3) is 0.643. The van der Waals surface area contributed by atoms with Gasteiger partial charge in [-0.25, -0.2) is 0 Å². The van der Waals surface area contributed by atoms with Crippen molar-refractivity contribution in [3.05, 3.63) is 29.6 Å². The smallest absolute Gasteiger partial charge is 0.0619 e. The van der Waals surface area contributed by atoms with Crippen LogP contribution in [0.1, 0.15) is 38.4 Å². The van der Waals surface area contributed by atoms with Crippen LogP contribution >= 0.6 is 0 Å². The molecule has 1 aromatic rings. The molecule has 0 fully saturated rings. The zero-order chi connectivity index (χ0) is 12.8. The Balaban J connectivity index is 2.54. The van der Waals surface area contributed by atoms with Crippen LogP contribution in [0.5, 0.6) is 0 Å². The van der Waals surface area contributed by atoms with Gasteiger partial charge in [0.1, 0.15) is 0 Å². The lowest BCUT2D eigenvalue weighted by Crippen LogP contribution is -2.19. The molecule has 0 amide bonds. The summed E-state index contributed by atoms with van der Waals surface area (Å²) < 4.78 is 2.04. The number of nitrogens with zero attached hydrogens (tertiary/aromatic N) is 2. The molecule has 0 saturated carbocycles. The highest BCUT2D eigenvalue weighted by atomic mass is 15.3. The van der Waals surface area contributed by atoms with Crippen molar-refractivity contribution in [1.29, 1.82) is 0 Å². The average molecular weight is 235 g/mol. The van der Waals surface area contributed by atoms with Crippen LogP contribution in [0, 0.1) is 12.8 Å². The van der Waals surface area contributed by atoms with Gasteiger partial charge in [0.25, 0.3) is 0 Å². The van der Waals surface area contributed by atoms with E-state index >= 15 is 0 Å². The Hall–Kier alpha value is -1.09. The van der Waals surface area contributed by atoms with Gasteiger partial charge in [0, 0.05) is 17.8 Å². The molecule has 0 aromatic carbocycles. The summed E-state index contributed by atoms with van der Waals surface area (Å²) in [6.07, 6.45) is 2.98. The molecule has 1 rings (SSSR count). The first-order valence-corrected chi connectivity index (χ1v) is 6.43. The van der Waals surface area contributed by atoms with Crippen LogP contribution in [0.15, 0.2) is 18.3 Å². The van der Waals surface area contributed by atoms with Crippen LogP contribution in [-0.4, -0.2) is 16.3 Å². The van der Waals surface area contributed by atoms with Crippen molar-refractivity contribution >= 4 is 0 Å². The van der Waals surface area contributed by atoms with Gasteiger partial charge in [0.15, 0.2) is 0 Å². The van der Waals surface area contributed by atoms with Crippen molar-refractivity contribution in [2.75, 3.05) is 6.54 Å². The van der Waals surface area contributed by atoms with Gasteiger partial charge >= 0.3 is 0 Å². The minimum absolute atomic E-state index is 0.685. The van der Waals surface area contributed by atoms with Crippen LogP contribution in [0.4, 0.5) is 0 Å². The third kappa shape index (κ3) is 4.35. The number of rotatable bonds is 7. The van der Waals surface area contributed by atoms with Crippen LogP contribution in [-0.2, 0) is 13.1 Å². The molecule has 0 aliphatic rings. The monoisotopic (exact) mass is 235 g/mol. The minimum Gasteiger partial charge on any atom is -0.312 e. The molecule has 0 unspecified atom stereocenters. The SMILES string of the molecule is C=C(CC)Cn1ncc(CNCC(C)C)c1C. The maximum atomic E-state index is 4.42. The lowest BCUT2D eigenvalue weighted by atomic mass is 10.2. The van der Waals surface area contributed by atoms with E-state index in [9.17, 15) is 0 Å². The Kier molecular flexibility index (Phi) is 5.42. The molecule has 1 aromatic heterocycles. The minimum atomic E-state index is 0.685. The standard InChI is InChI=1S/C14H25N3/c1-6-12(4)10-17-13(5)14(9-16-17)8-15-7-11(2)3/h9,11,15H,4,6-8,10H2,1-3,5H3. The average Bonchev–Trinajstić information content (AvgIpc) is 2.61. The lowest BCUT2D eigenvalue weighted by molar-refractivity contribution is 0.550. The number of allylic oxidation sites excluding steroid dienone is 1. The molecular formula is C14H25N3. The number of hydrogen-bond acceptors (Lipinski definition) is 2. The molecule has 0 saturated heterocycles. The predicted molar refractivity (Wildman–Crippen MR) is 72.9 cm³/mol. The molecule has 96 valence electrons. The van der Waals surface area contributed by atoms with E-state index < -0.39 is 0 Å². The Morgan fingerprint density at radius 2 is 2.24 bits per heavy atom. The summed E-state index contributed by atoms with van der Waals surface area (Å²) in [5.74, 6) is 0.685. The number of aromatic nitrogens is 2. The summed E-state index contributed by atoms with van der Waals surface area (Å²) >= 11 is 0. The van der Waals surface area contributed by atoms with E-state index in [1.165, 1.54) is 16.8 Å². The molecule has 3 nitrogen and oxygen atoms in total. The highest BCUT2D eigenvalue weighted by Gasteiger charge is 2.06. The van der Waals surface area contributed by atoms with Crippen molar-refractivity contribution in [2.45, 2.75) is 47.2 Å². The molecule has 0 radical (unpaired) electrons. The van der Waals surface area contributed by atoms with Crippen molar-refractivity contribution in [2.24, 2.45) is 5.92 Å². The van der Waals surface area contributed by atoms with Crippen molar-refractivity contribution in [1.82, 2.24) is 15.1 Å². The number of hydrogen-bond donors (Lipinski definition) is 1. The van der Waals surface area contributed by atoms with Crippen molar-refractivity contribution in [3.8, 4) is 0 Å². The summed E-state index contributed by atoms with van der Waals surface area (Å²) in [4.78, 5) is 0. The first-order chi connectivity index (χ1) is 8.04. The van der Waals surface area contributed by atoms with Gasteiger partial charge in [-0.05, 0) is 25.8 Å². The van der Waals surface area contributed by atoms with Crippen LogP contribution < -0.4 is 5.32 Å². The maximum absolute atomic E-state index is 4.42. The van der Waals surface area contributed by atoms with Crippen molar-refractivity contribution in [3.63, 3.8) is 0 Å². The Labute approximate surface area is 105 Å². The van der Waals surface area contributed by atoms with Crippen LogP contribution in [0.25, 0.3) is 0 Å². The molecule has 3 heteroatoms. The molecule has 0 spiro atoms. The van der Waals surface area contributed by atoms with Gasteiger partial charge in [0.2, 0.25) is 0 Å². The second-order valence-electron chi connectivity index (χ2n) is 5.04. The third-order valence-electron chi connectivity index (χ3n) is 2.95. The van der Waals surface area contributed by atoms with E-state index in [0.717, 1.165) is 26.1 Å². The van der Waals surface area contributed by atoms with Gasteiger partial charge in [-0.15, -0.1) is 0 Å². The summed E-state index contributed by atoms with van der Waals surface area (Å²) in [6, 6.07) is 0. The molecule has 17 heavy (non-hydrogen) atoms. The first kappa shape index (κ1) is 14.0. The number of nitrogens with one attached hydrogen (secondary N) is 1. The molecule has 0 aliphatic heterocycles. The second-order valence-corrected chi connectivity index (χ2v) is 5.04. The highest BCUT2D eigenvalue weighted by Crippen LogP contribution is 2.10. The molecule has 0 atom stereocenters. The largest absolute Gasteiger partial charge is 0.312 e. The highest BCUT2D eigenvalue weighted by molar-refractivity contribution is 5.16. The lowest BCUT2D eigenvalue weighted by Gasteiger charge is -2.08. The predicted octanol–water partition coefficient (Wildman–Crippen LogP) is 2.90. The summed E-state index contributed by atoms with van der Waals surface area (Å²) in [5, 5.41) is 7.86. The zero-order valence-corrected chi connectivity index (χ0v) is 11.6. The first-order valence-electron chi connectivity index (χ1n) is 6.43. The van der Waals surface area contributed by atoms with Crippen molar-refractivity contribution < 1.29 is 0 Å². The fourth-order valence-electron chi connectivity index (χ4n) is 1.64. The summed E-state index contributed by atoms with van der Waals surface area (Å²) in [6.45, 7) is 15.5. The van der Waals surface area contributed by atoms with E-state index in [0.29, 0.717) is 5.92 Å². The Morgan fingerprint density at radius 3 is 2.82 bits per heavy atom. The van der Waals surface area contributed by atoms with Crippen LogP contribution in [0.3, 0.4) is 0 Å². The van der Waals surface area contributed by atoms with E-state index in [-0.39, 0.29) is 0 Å². The quantitative estimate of drug-likeness (QED) is 0.736. The van der Waals surface area contributed by atoms with Crippen LogP contribution in [0.2, 0.25) is 0 Å². The summed E-state index contributed by atoms with van der Waals surface area (Å²) in [5.41, 5.74) is 3.75. The van der Waals surface area contributed by atoms with E-state index in [1.54, 1.807) is 0 Å². The third-order valence-corrected chi connectivity index (χ3v) is 2.95.